The van der Waals surface area contributed by atoms with E-state index in [-0.39, 0.29) is 13.2 Å². The molecule has 6 nitrogen and oxygen atoms in total. The van der Waals surface area contributed by atoms with Gasteiger partial charge in [-0.3, -0.25) is 9.05 Å². The van der Waals surface area contributed by atoms with Crippen LogP contribution in [0.1, 0.15) is 95.5 Å². The molecule has 0 aromatic heterocycles. The van der Waals surface area contributed by atoms with Crippen LogP contribution < -0.4 is 0 Å². The summed E-state index contributed by atoms with van der Waals surface area (Å²) < 4.78 is 29.4. The maximum Gasteiger partial charge on any atom is 0.472 e. The summed E-state index contributed by atoms with van der Waals surface area (Å²) in [6.07, 6.45) is 19.1. The Bertz CT molecular complexity index is 711. The topological polar surface area (TPSA) is 65.0 Å². The molecule has 1 aromatic carbocycles. The van der Waals surface area contributed by atoms with Gasteiger partial charge in [-0.2, -0.15) is 0 Å². The van der Waals surface area contributed by atoms with E-state index >= 15 is 0 Å². The molecule has 1 unspecified atom stereocenters. The number of rotatable bonds is 25. The highest BCUT2D eigenvalue weighted by atomic mass is 127. The van der Waals surface area contributed by atoms with Gasteiger partial charge in [0.15, 0.2) is 0 Å². The van der Waals surface area contributed by atoms with Gasteiger partial charge in [-0.15, -0.1) is 0 Å². The molecule has 0 heterocycles. The number of nitrogens with zero attached hydrogens (tertiary/aromatic N) is 1. The predicted octanol–water partition coefficient (Wildman–Crippen LogP) is 8.15. The average Bonchev–Trinajstić information content (AvgIpc) is 2.83. The van der Waals surface area contributed by atoms with E-state index in [2.05, 4.69) is 46.9 Å². The van der Waals surface area contributed by atoms with Crippen LogP contribution >= 0.6 is 30.4 Å². The van der Waals surface area contributed by atoms with Crippen molar-refractivity contribution in [1.82, 2.24) is 0 Å². The SMILES string of the molecule is C[N+](C)(C)CCOP(=O)(O)OCCCOCCCCCCCCCCCCCCCc1ccc(I)cc1. The zero-order valence-electron chi connectivity index (χ0n) is 23.8. The second-order valence-corrected chi connectivity index (χ2v) is 13.8. The van der Waals surface area contributed by atoms with Gasteiger partial charge in [0.25, 0.3) is 0 Å². The van der Waals surface area contributed by atoms with Gasteiger partial charge in [-0.25, -0.2) is 4.57 Å². The summed E-state index contributed by atoms with van der Waals surface area (Å²) in [6.45, 7) is 2.31. The molecular formula is C29H54INO5P+. The van der Waals surface area contributed by atoms with Gasteiger partial charge >= 0.3 is 7.82 Å². The van der Waals surface area contributed by atoms with Gasteiger partial charge in [0.05, 0.1) is 27.7 Å². The lowest BCUT2D eigenvalue weighted by Gasteiger charge is -2.24. The number of phosphoric ester groups is 1. The van der Waals surface area contributed by atoms with Crippen molar-refractivity contribution in [3.05, 3.63) is 33.4 Å². The largest absolute Gasteiger partial charge is 0.472 e. The van der Waals surface area contributed by atoms with Crippen LogP contribution in [0, 0.1) is 3.57 Å². The highest BCUT2D eigenvalue weighted by molar-refractivity contribution is 14.1. The molecule has 0 aliphatic rings. The first-order valence-electron chi connectivity index (χ1n) is 14.4. The van der Waals surface area contributed by atoms with Crippen LogP contribution in [0.15, 0.2) is 24.3 Å². The van der Waals surface area contributed by atoms with Crippen LogP contribution in [0.4, 0.5) is 0 Å². The Hall–Kier alpha value is -0.0200. The highest BCUT2D eigenvalue weighted by Gasteiger charge is 2.22. The fourth-order valence-electron chi connectivity index (χ4n) is 4.04. The molecule has 216 valence electrons. The van der Waals surface area contributed by atoms with Crippen molar-refractivity contribution in [3.63, 3.8) is 0 Å². The monoisotopic (exact) mass is 654 g/mol. The number of ether oxygens (including phenoxy) is 1. The van der Waals surface area contributed by atoms with Crippen LogP contribution in [0.2, 0.25) is 0 Å². The fourth-order valence-corrected chi connectivity index (χ4v) is 5.15. The predicted molar refractivity (Wildman–Crippen MR) is 163 cm³/mol. The second kappa shape index (κ2) is 21.8. The van der Waals surface area contributed by atoms with E-state index in [0.717, 1.165) is 13.0 Å². The third-order valence-electron chi connectivity index (χ3n) is 6.37. The Morgan fingerprint density at radius 3 is 1.68 bits per heavy atom. The summed E-state index contributed by atoms with van der Waals surface area (Å²) in [5, 5.41) is 0. The minimum atomic E-state index is -3.95. The van der Waals surface area contributed by atoms with E-state index in [0.29, 0.717) is 24.1 Å². The lowest BCUT2D eigenvalue weighted by atomic mass is 10.0. The van der Waals surface area contributed by atoms with Crippen molar-refractivity contribution in [3.8, 4) is 0 Å². The number of aryl methyl sites for hydroxylation is 1. The molecule has 0 radical (unpaired) electrons. The van der Waals surface area contributed by atoms with Gasteiger partial charge in [-0.05, 0) is 66.0 Å². The molecule has 0 fully saturated rings. The molecule has 1 N–H and O–H groups in total. The van der Waals surface area contributed by atoms with Crippen molar-refractivity contribution >= 4 is 30.4 Å². The van der Waals surface area contributed by atoms with Crippen molar-refractivity contribution < 1.29 is 27.7 Å². The first kappa shape index (κ1) is 35.0. The number of hydrogen-bond donors (Lipinski definition) is 1. The van der Waals surface area contributed by atoms with Crippen molar-refractivity contribution in [2.45, 2.75) is 96.3 Å². The molecule has 1 rings (SSSR count). The van der Waals surface area contributed by atoms with E-state index in [1.807, 2.05) is 21.1 Å². The maximum absolute atomic E-state index is 11.8. The maximum atomic E-state index is 11.8. The smallest absolute Gasteiger partial charge is 0.381 e. The summed E-state index contributed by atoms with van der Waals surface area (Å²) in [4.78, 5) is 9.66. The third kappa shape index (κ3) is 23.6. The summed E-state index contributed by atoms with van der Waals surface area (Å²) in [5.74, 6) is 0. The molecule has 37 heavy (non-hydrogen) atoms. The van der Waals surface area contributed by atoms with Gasteiger partial charge < -0.3 is 14.1 Å². The Morgan fingerprint density at radius 1 is 0.676 bits per heavy atom. The number of unbranched alkanes of at least 4 members (excludes halogenated alkanes) is 12. The van der Waals surface area contributed by atoms with Gasteiger partial charge in [-0.1, -0.05) is 82.8 Å². The molecule has 0 aliphatic heterocycles. The molecule has 0 spiro atoms. The van der Waals surface area contributed by atoms with E-state index in [4.69, 9.17) is 13.8 Å². The van der Waals surface area contributed by atoms with Crippen molar-refractivity contribution in [1.29, 1.82) is 0 Å². The Labute approximate surface area is 241 Å². The quantitative estimate of drug-likeness (QED) is 0.0499. The number of hydrogen-bond acceptors (Lipinski definition) is 4. The lowest BCUT2D eigenvalue weighted by molar-refractivity contribution is -0.870. The molecule has 0 bridgehead atoms. The van der Waals surface area contributed by atoms with E-state index in [1.165, 1.54) is 92.6 Å². The lowest BCUT2D eigenvalue weighted by Crippen LogP contribution is -2.37. The Kier molecular flexibility index (Phi) is 20.6. The van der Waals surface area contributed by atoms with Crippen molar-refractivity contribution in [2.75, 3.05) is 54.1 Å². The Morgan fingerprint density at radius 2 is 1.14 bits per heavy atom. The van der Waals surface area contributed by atoms with Crippen LogP contribution in [0.3, 0.4) is 0 Å². The molecule has 0 amide bonds. The molecule has 1 atom stereocenters. The molecule has 0 aliphatic carbocycles. The Balaban J connectivity index is 1.75. The van der Waals surface area contributed by atoms with E-state index in [9.17, 15) is 9.46 Å². The van der Waals surface area contributed by atoms with Gasteiger partial charge in [0.2, 0.25) is 0 Å². The molecule has 0 saturated carbocycles. The molecule has 1 aromatic rings. The summed E-state index contributed by atoms with van der Waals surface area (Å²) in [6, 6.07) is 8.94. The normalized spacial score (nSPS) is 13.6. The average molecular weight is 655 g/mol. The minimum absolute atomic E-state index is 0.173. The summed E-state index contributed by atoms with van der Waals surface area (Å²) >= 11 is 2.36. The zero-order valence-corrected chi connectivity index (χ0v) is 26.9. The van der Waals surface area contributed by atoms with Crippen LogP contribution in [-0.2, 0) is 24.8 Å². The van der Waals surface area contributed by atoms with Crippen LogP contribution in [-0.4, -0.2) is 63.5 Å². The summed E-state index contributed by atoms with van der Waals surface area (Å²) in [5.41, 5.74) is 1.48. The number of quaternary nitrogens is 1. The van der Waals surface area contributed by atoms with Crippen LogP contribution in [0.25, 0.3) is 0 Å². The third-order valence-corrected chi connectivity index (χ3v) is 8.11. The number of likely N-dealkylation sites (N-methyl/N-ethyl adjacent to an activating group) is 1. The molecule has 0 saturated heterocycles. The second-order valence-electron chi connectivity index (χ2n) is 11.1. The highest BCUT2D eigenvalue weighted by Crippen LogP contribution is 2.43. The van der Waals surface area contributed by atoms with Crippen LogP contribution in [0.5, 0.6) is 0 Å². The first-order chi connectivity index (χ1) is 17.7. The number of benzene rings is 1. The fraction of sp³-hybridized carbons (Fsp3) is 0.793. The van der Waals surface area contributed by atoms with Crippen molar-refractivity contribution in [2.24, 2.45) is 0 Å². The van der Waals surface area contributed by atoms with Gasteiger partial charge in [0.1, 0.15) is 13.2 Å². The number of phosphoric acid groups is 1. The standard InChI is InChI=1S/C29H53INO5P/c1-31(2,3)23-27-36-37(32,33)35-26-17-25-34-24-16-14-12-10-8-6-4-5-7-9-11-13-15-18-28-19-21-29(30)22-20-28/h19-22H,4-18,23-27H2,1-3H3/p+1. The van der Waals surface area contributed by atoms with Gasteiger partial charge in [0, 0.05) is 16.8 Å². The molecule has 8 heteroatoms. The van der Waals surface area contributed by atoms with E-state index in [1.54, 1.807) is 0 Å². The summed E-state index contributed by atoms with van der Waals surface area (Å²) in [7, 11) is 2.06. The minimum Gasteiger partial charge on any atom is -0.381 e. The zero-order chi connectivity index (χ0) is 27.2. The first-order valence-corrected chi connectivity index (χ1v) is 17.0. The van der Waals surface area contributed by atoms with E-state index < -0.39 is 7.82 Å². The number of halogens is 1. The molecular weight excluding hydrogens is 600 g/mol.